The zero-order valence-electron chi connectivity index (χ0n) is 21.1. The number of nitriles is 1. The Hall–Kier alpha value is -4.51. The molecule has 0 radical (unpaired) electrons. The van der Waals surface area contributed by atoms with Crippen LogP contribution in [0, 0.1) is 18.3 Å². The van der Waals surface area contributed by atoms with Crippen molar-refractivity contribution in [3.8, 4) is 34.8 Å². The van der Waals surface area contributed by atoms with E-state index in [-0.39, 0.29) is 24.4 Å². The second kappa shape index (κ2) is 11.9. The zero-order chi connectivity index (χ0) is 28.9. The van der Waals surface area contributed by atoms with E-state index in [0.717, 1.165) is 23.1 Å². The van der Waals surface area contributed by atoms with Crippen molar-refractivity contribution in [3.05, 3.63) is 46.6 Å². The molecule has 0 saturated heterocycles. The number of halogens is 3. The van der Waals surface area contributed by atoms with E-state index in [1.165, 1.54) is 5.56 Å². The van der Waals surface area contributed by atoms with Crippen molar-refractivity contribution in [2.75, 3.05) is 13.1 Å². The number of carboxylic acid groups (broad SMARTS) is 2. The highest BCUT2D eigenvalue weighted by molar-refractivity contribution is 5.73. The molecule has 0 bridgehead atoms. The van der Waals surface area contributed by atoms with E-state index in [0.29, 0.717) is 30.0 Å². The third kappa shape index (κ3) is 7.29. The Bertz CT molecular complexity index is 1410. The highest BCUT2D eigenvalue weighted by Gasteiger charge is 2.38. The van der Waals surface area contributed by atoms with Gasteiger partial charge in [-0.3, -0.25) is 9.69 Å². The molecule has 2 N–H and O–H groups in total. The van der Waals surface area contributed by atoms with Crippen LogP contribution in [0.15, 0.2) is 28.9 Å². The van der Waals surface area contributed by atoms with Crippen LogP contribution in [0.25, 0.3) is 22.8 Å². The molecule has 206 valence electrons. The van der Waals surface area contributed by atoms with Gasteiger partial charge in [0.2, 0.25) is 11.7 Å². The number of pyridine rings is 1. The lowest BCUT2D eigenvalue weighted by molar-refractivity contribution is -0.192. The summed E-state index contributed by atoms with van der Waals surface area (Å²) in [5.74, 6) is -2.58. The van der Waals surface area contributed by atoms with E-state index < -0.39 is 18.1 Å². The molecule has 0 amide bonds. The number of nitrogens with zero attached hydrogens (tertiary/aromatic N) is 5. The molecule has 0 aliphatic carbocycles. The fraction of sp³-hybridized carbons (Fsp3) is 0.360. The highest BCUT2D eigenvalue weighted by Crippen LogP contribution is 2.31. The van der Waals surface area contributed by atoms with Crippen LogP contribution in [0.2, 0.25) is 0 Å². The van der Waals surface area contributed by atoms with Crippen LogP contribution >= 0.6 is 0 Å². The van der Waals surface area contributed by atoms with Gasteiger partial charge in [0.1, 0.15) is 11.6 Å². The first-order valence-corrected chi connectivity index (χ1v) is 11.6. The first-order chi connectivity index (χ1) is 18.3. The minimum absolute atomic E-state index is 0.0359. The Kier molecular flexibility index (Phi) is 8.87. The van der Waals surface area contributed by atoms with Crippen molar-refractivity contribution in [1.82, 2.24) is 20.0 Å². The Morgan fingerprint density at radius 1 is 1.28 bits per heavy atom. The van der Waals surface area contributed by atoms with Crippen molar-refractivity contribution in [2.45, 2.75) is 46.0 Å². The van der Waals surface area contributed by atoms with E-state index in [4.69, 9.17) is 24.3 Å². The van der Waals surface area contributed by atoms with Gasteiger partial charge in [-0.15, -0.1) is 0 Å². The van der Waals surface area contributed by atoms with Crippen LogP contribution in [0.1, 0.15) is 36.1 Å². The van der Waals surface area contributed by atoms with E-state index in [1.807, 2.05) is 37.8 Å². The van der Waals surface area contributed by atoms with Crippen LogP contribution < -0.4 is 4.74 Å². The molecule has 1 aliphatic heterocycles. The smallest absolute Gasteiger partial charge is 0.480 e. The van der Waals surface area contributed by atoms with Gasteiger partial charge in [0.05, 0.1) is 18.2 Å². The number of hydrogen-bond acceptors (Lipinski definition) is 9. The summed E-state index contributed by atoms with van der Waals surface area (Å²) in [6.45, 7) is 7.08. The van der Waals surface area contributed by atoms with E-state index in [2.05, 4.69) is 21.2 Å². The molecule has 3 heterocycles. The van der Waals surface area contributed by atoms with E-state index in [1.54, 1.807) is 12.3 Å². The first-order valence-electron chi connectivity index (χ1n) is 11.6. The summed E-state index contributed by atoms with van der Waals surface area (Å²) in [7, 11) is 0. The van der Waals surface area contributed by atoms with Crippen LogP contribution in [-0.4, -0.2) is 67.5 Å². The van der Waals surface area contributed by atoms with Gasteiger partial charge in [-0.05, 0) is 49.9 Å². The van der Waals surface area contributed by atoms with Crippen molar-refractivity contribution < 1.29 is 42.2 Å². The Morgan fingerprint density at radius 2 is 1.97 bits per heavy atom. The third-order valence-corrected chi connectivity index (χ3v) is 5.60. The van der Waals surface area contributed by atoms with E-state index >= 15 is 0 Å². The number of alkyl halides is 3. The SMILES string of the molecule is Cc1c(-c2noc(-c3cnc(OC(C)C)c(C#N)c3)n2)ccc2c1CCN(CC(=O)O)C2.O=C(O)C(F)(F)F. The monoisotopic (exact) mass is 547 g/mol. The maximum Gasteiger partial charge on any atom is 0.490 e. The largest absolute Gasteiger partial charge is 0.490 e. The minimum atomic E-state index is -5.08. The maximum absolute atomic E-state index is 11.0. The minimum Gasteiger partial charge on any atom is -0.480 e. The summed E-state index contributed by atoms with van der Waals surface area (Å²) >= 11 is 0. The Morgan fingerprint density at radius 3 is 2.56 bits per heavy atom. The first kappa shape index (κ1) is 29.1. The second-order valence-corrected chi connectivity index (χ2v) is 8.81. The number of rotatable bonds is 6. The van der Waals surface area contributed by atoms with Crippen LogP contribution in [0.4, 0.5) is 13.2 Å². The highest BCUT2D eigenvalue weighted by atomic mass is 19.4. The number of ether oxygens (including phenoxy) is 1. The number of hydrogen-bond donors (Lipinski definition) is 2. The number of carbonyl (C=O) groups is 2. The lowest BCUT2D eigenvalue weighted by atomic mass is 9.91. The lowest BCUT2D eigenvalue weighted by Crippen LogP contribution is -2.35. The normalized spacial score (nSPS) is 13.2. The topological polar surface area (TPSA) is 163 Å². The average molecular weight is 547 g/mol. The molecule has 0 atom stereocenters. The zero-order valence-corrected chi connectivity index (χ0v) is 21.1. The predicted octanol–water partition coefficient (Wildman–Crippen LogP) is 3.84. The molecule has 0 unspecified atom stereocenters. The summed E-state index contributed by atoms with van der Waals surface area (Å²) in [5, 5.41) is 29.7. The molecular formula is C25H24F3N5O6. The number of aromatic nitrogens is 3. The fourth-order valence-corrected chi connectivity index (χ4v) is 3.88. The van der Waals surface area contributed by atoms with Gasteiger partial charge in [-0.25, -0.2) is 9.78 Å². The molecule has 2 aromatic heterocycles. The fourth-order valence-electron chi connectivity index (χ4n) is 3.88. The summed E-state index contributed by atoms with van der Waals surface area (Å²) in [6, 6.07) is 7.65. The molecule has 3 aromatic rings. The average Bonchev–Trinajstić information content (AvgIpc) is 3.33. The number of fused-ring (bicyclic) bond motifs is 1. The summed E-state index contributed by atoms with van der Waals surface area (Å²) in [6.07, 6.45) is -2.87. The number of benzene rings is 1. The Labute approximate surface area is 220 Å². The molecule has 1 aliphatic rings. The van der Waals surface area contributed by atoms with Gasteiger partial charge in [0.25, 0.3) is 5.89 Å². The van der Waals surface area contributed by atoms with Crippen LogP contribution in [0.3, 0.4) is 0 Å². The van der Waals surface area contributed by atoms with Gasteiger partial charge in [0, 0.05) is 24.8 Å². The Balaban J connectivity index is 0.000000532. The molecular weight excluding hydrogens is 523 g/mol. The van der Waals surface area contributed by atoms with Crippen molar-refractivity contribution >= 4 is 11.9 Å². The van der Waals surface area contributed by atoms with Gasteiger partial charge < -0.3 is 19.5 Å². The van der Waals surface area contributed by atoms with Crippen molar-refractivity contribution in [1.29, 1.82) is 5.26 Å². The molecule has 0 fully saturated rings. The van der Waals surface area contributed by atoms with Gasteiger partial charge in [-0.1, -0.05) is 17.3 Å². The molecule has 4 rings (SSSR count). The standard InChI is InChI=1S/C23H23N5O4.C2HF3O2/c1-13(2)31-22-16(9-24)8-17(10-25-22)23-26-21(27-32-23)19-5-4-15-11-28(12-20(29)30)7-6-18(15)14(19)3;3-2(4,5)1(6)7/h4-5,8,10,13H,6-7,11-12H2,1-3H3,(H,29,30);(H,6,7). The molecule has 0 spiro atoms. The van der Waals surface area contributed by atoms with Gasteiger partial charge in [0.15, 0.2) is 0 Å². The van der Waals surface area contributed by atoms with Gasteiger partial charge >= 0.3 is 18.1 Å². The van der Waals surface area contributed by atoms with Crippen molar-refractivity contribution in [3.63, 3.8) is 0 Å². The molecule has 39 heavy (non-hydrogen) atoms. The van der Waals surface area contributed by atoms with Crippen molar-refractivity contribution in [2.24, 2.45) is 0 Å². The molecule has 1 aromatic carbocycles. The number of carboxylic acids is 2. The second-order valence-electron chi connectivity index (χ2n) is 8.81. The summed E-state index contributed by atoms with van der Waals surface area (Å²) in [5.41, 5.74) is 5.06. The predicted molar refractivity (Wildman–Crippen MR) is 128 cm³/mol. The quantitative estimate of drug-likeness (QED) is 0.461. The number of aliphatic carboxylic acids is 2. The molecule has 11 nitrogen and oxygen atoms in total. The summed E-state index contributed by atoms with van der Waals surface area (Å²) < 4.78 is 42.8. The maximum atomic E-state index is 11.0. The lowest BCUT2D eigenvalue weighted by Gasteiger charge is -2.28. The van der Waals surface area contributed by atoms with E-state index in [9.17, 15) is 23.2 Å². The third-order valence-electron chi connectivity index (χ3n) is 5.60. The van der Waals surface area contributed by atoms with Crippen LogP contribution in [-0.2, 0) is 22.6 Å². The van der Waals surface area contributed by atoms with Gasteiger partial charge in [-0.2, -0.15) is 23.4 Å². The molecule has 14 heteroatoms. The molecule has 0 saturated carbocycles. The summed E-state index contributed by atoms with van der Waals surface area (Å²) in [4.78, 5) is 30.6. The van der Waals surface area contributed by atoms with Crippen LogP contribution in [0.5, 0.6) is 5.88 Å².